The highest BCUT2D eigenvalue weighted by Gasteiger charge is 2.29. The molecule has 1 aliphatic carbocycles. The highest BCUT2D eigenvalue weighted by atomic mass is 15.4. The van der Waals surface area contributed by atoms with E-state index in [-0.39, 0.29) is 0 Å². The maximum absolute atomic E-state index is 4.50. The molecule has 0 spiro atoms. The fourth-order valence-electron chi connectivity index (χ4n) is 1.60. The number of hydrogen-bond acceptors (Lipinski definition) is 3. The fraction of sp³-hybridized carbons (Fsp3) is 0.750. The Labute approximate surface area is 71.0 Å². The standard InChI is InChI=1S/C8H12N4/c1-2-6(1)8-10-7-5-9-3-4-12(7)11-8/h6,9H,1-5H2. The lowest BCUT2D eigenvalue weighted by Crippen LogP contribution is -2.28. The maximum atomic E-state index is 4.50. The number of nitrogens with one attached hydrogen (secondary N) is 1. The quantitative estimate of drug-likeness (QED) is 0.647. The Morgan fingerprint density at radius 1 is 1.42 bits per heavy atom. The molecular formula is C8H12N4. The summed E-state index contributed by atoms with van der Waals surface area (Å²) in [5, 5.41) is 7.77. The Bertz CT molecular complexity index is 277. The van der Waals surface area contributed by atoms with Crippen molar-refractivity contribution in [2.75, 3.05) is 6.54 Å². The molecule has 0 amide bonds. The van der Waals surface area contributed by atoms with Gasteiger partial charge in [0.05, 0.1) is 13.1 Å². The van der Waals surface area contributed by atoms with Crippen molar-refractivity contribution in [3.8, 4) is 0 Å². The topological polar surface area (TPSA) is 42.7 Å². The molecule has 1 aromatic heterocycles. The van der Waals surface area contributed by atoms with Crippen molar-refractivity contribution in [3.63, 3.8) is 0 Å². The second-order valence-corrected chi connectivity index (χ2v) is 3.56. The third-order valence-corrected chi connectivity index (χ3v) is 2.49. The summed E-state index contributed by atoms with van der Waals surface area (Å²) in [4.78, 5) is 4.50. The average molecular weight is 164 g/mol. The van der Waals surface area contributed by atoms with Crippen LogP contribution in [0.4, 0.5) is 0 Å². The van der Waals surface area contributed by atoms with Gasteiger partial charge in [-0.05, 0) is 12.8 Å². The zero-order valence-corrected chi connectivity index (χ0v) is 6.95. The van der Waals surface area contributed by atoms with E-state index < -0.39 is 0 Å². The number of aromatic nitrogens is 3. The van der Waals surface area contributed by atoms with Crippen molar-refractivity contribution in [2.24, 2.45) is 0 Å². The molecule has 0 saturated heterocycles. The van der Waals surface area contributed by atoms with Crippen LogP contribution in [0.3, 0.4) is 0 Å². The Balaban J connectivity index is 1.97. The molecule has 0 unspecified atom stereocenters. The number of nitrogens with zero attached hydrogens (tertiary/aromatic N) is 3. The van der Waals surface area contributed by atoms with Crippen LogP contribution in [-0.4, -0.2) is 21.3 Å². The van der Waals surface area contributed by atoms with Gasteiger partial charge in [-0.3, -0.25) is 0 Å². The first-order valence-corrected chi connectivity index (χ1v) is 4.58. The summed E-state index contributed by atoms with van der Waals surface area (Å²) in [7, 11) is 0. The van der Waals surface area contributed by atoms with Gasteiger partial charge in [-0.15, -0.1) is 0 Å². The Hall–Kier alpha value is -0.900. The number of hydrogen-bond donors (Lipinski definition) is 1. The van der Waals surface area contributed by atoms with E-state index in [1.54, 1.807) is 0 Å². The second kappa shape index (κ2) is 2.29. The van der Waals surface area contributed by atoms with Crippen molar-refractivity contribution < 1.29 is 0 Å². The van der Waals surface area contributed by atoms with Crippen LogP contribution in [0.2, 0.25) is 0 Å². The van der Waals surface area contributed by atoms with Gasteiger partial charge in [-0.25, -0.2) is 9.67 Å². The molecule has 12 heavy (non-hydrogen) atoms. The Morgan fingerprint density at radius 3 is 3.08 bits per heavy atom. The minimum atomic E-state index is 0.683. The van der Waals surface area contributed by atoms with Gasteiger partial charge < -0.3 is 5.32 Å². The molecule has 0 atom stereocenters. The van der Waals surface area contributed by atoms with Gasteiger partial charge in [-0.2, -0.15) is 5.10 Å². The predicted octanol–water partition coefficient (Wildman–Crippen LogP) is 0.259. The third kappa shape index (κ3) is 0.948. The molecule has 0 bridgehead atoms. The van der Waals surface area contributed by atoms with Crippen molar-refractivity contribution in [1.29, 1.82) is 0 Å². The van der Waals surface area contributed by atoms with Crippen molar-refractivity contribution in [1.82, 2.24) is 20.1 Å². The molecule has 4 nitrogen and oxygen atoms in total. The summed E-state index contributed by atoms with van der Waals surface area (Å²) in [6.07, 6.45) is 2.58. The van der Waals surface area contributed by atoms with Crippen molar-refractivity contribution in [3.05, 3.63) is 11.6 Å². The van der Waals surface area contributed by atoms with E-state index in [9.17, 15) is 0 Å². The van der Waals surface area contributed by atoms with Gasteiger partial charge in [0, 0.05) is 12.5 Å². The number of fused-ring (bicyclic) bond motifs is 1. The second-order valence-electron chi connectivity index (χ2n) is 3.56. The van der Waals surface area contributed by atoms with E-state index in [1.807, 2.05) is 4.68 Å². The van der Waals surface area contributed by atoms with Gasteiger partial charge in [-0.1, -0.05) is 0 Å². The third-order valence-electron chi connectivity index (χ3n) is 2.49. The first kappa shape index (κ1) is 6.60. The minimum Gasteiger partial charge on any atom is -0.308 e. The van der Waals surface area contributed by atoms with Crippen LogP contribution in [-0.2, 0) is 13.1 Å². The normalized spacial score (nSPS) is 22.3. The molecule has 2 heterocycles. The summed E-state index contributed by atoms with van der Waals surface area (Å²) in [6, 6.07) is 0. The van der Waals surface area contributed by atoms with E-state index >= 15 is 0 Å². The molecule has 0 aromatic carbocycles. The lowest BCUT2D eigenvalue weighted by molar-refractivity contribution is 0.467. The summed E-state index contributed by atoms with van der Waals surface area (Å²) >= 11 is 0. The van der Waals surface area contributed by atoms with Crippen LogP contribution in [0.25, 0.3) is 0 Å². The fourth-order valence-corrected chi connectivity index (χ4v) is 1.60. The molecule has 0 radical (unpaired) electrons. The Kier molecular flexibility index (Phi) is 1.26. The highest BCUT2D eigenvalue weighted by molar-refractivity contribution is 5.06. The smallest absolute Gasteiger partial charge is 0.154 e. The van der Waals surface area contributed by atoms with Gasteiger partial charge in [0.25, 0.3) is 0 Å². The zero-order chi connectivity index (χ0) is 7.97. The molecule has 1 fully saturated rings. The zero-order valence-electron chi connectivity index (χ0n) is 6.95. The van der Waals surface area contributed by atoms with Crippen LogP contribution in [0, 0.1) is 0 Å². The average Bonchev–Trinajstić information content (AvgIpc) is 2.85. The first-order valence-electron chi connectivity index (χ1n) is 4.58. The van der Waals surface area contributed by atoms with Gasteiger partial charge in [0.1, 0.15) is 5.82 Å². The summed E-state index contributed by atoms with van der Waals surface area (Å²) < 4.78 is 2.05. The van der Waals surface area contributed by atoms with Crippen LogP contribution < -0.4 is 5.32 Å². The van der Waals surface area contributed by atoms with E-state index in [0.717, 1.165) is 31.3 Å². The SMILES string of the molecule is C1Cn2nc(C3CC3)nc2CN1. The molecule has 1 N–H and O–H groups in total. The van der Waals surface area contributed by atoms with E-state index in [4.69, 9.17) is 0 Å². The van der Waals surface area contributed by atoms with Crippen molar-refractivity contribution in [2.45, 2.75) is 31.8 Å². The van der Waals surface area contributed by atoms with Crippen LogP contribution in [0.1, 0.15) is 30.4 Å². The molecule has 1 aromatic rings. The van der Waals surface area contributed by atoms with E-state index in [0.29, 0.717) is 5.92 Å². The largest absolute Gasteiger partial charge is 0.308 e. The predicted molar refractivity (Wildman–Crippen MR) is 43.7 cm³/mol. The van der Waals surface area contributed by atoms with E-state index in [2.05, 4.69) is 15.4 Å². The lowest BCUT2D eigenvalue weighted by atomic mass is 10.4. The number of rotatable bonds is 1. The monoisotopic (exact) mass is 164 g/mol. The summed E-state index contributed by atoms with van der Waals surface area (Å²) in [6.45, 7) is 2.90. The highest BCUT2D eigenvalue weighted by Crippen LogP contribution is 2.38. The van der Waals surface area contributed by atoms with Gasteiger partial charge in [0.2, 0.25) is 0 Å². The molecule has 64 valence electrons. The van der Waals surface area contributed by atoms with Gasteiger partial charge in [0.15, 0.2) is 5.82 Å². The molecule has 2 aliphatic rings. The summed E-state index contributed by atoms with van der Waals surface area (Å²) in [5.74, 6) is 2.87. The minimum absolute atomic E-state index is 0.683. The Morgan fingerprint density at radius 2 is 2.33 bits per heavy atom. The van der Waals surface area contributed by atoms with E-state index in [1.165, 1.54) is 12.8 Å². The van der Waals surface area contributed by atoms with Crippen molar-refractivity contribution >= 4 is 0 Å². The summed E-state index contributed by atoms with van der Waals surface area (Å²) in [5.41, 5.74) is 0. The molecule has 1 saturated carbocycles. The molecule has 3 rings (SSSR count). The van der Waals surface area contributed by atoms with Crippen LogP contribution >= 0.6 is 0 Å². The lowest BCUT2D eigenvalue weighted by Gasteiger charge is -2.11. The molecule has 1 aliphatic heterocycles. The van der Waals surface area contributed by atoms with Crippen LogP contribution in [0.15, 0.2) is 0 Å². The molecule has 4 heteroatoms. The molecular weight excluding hydrogens is 152 g/mol. The van der Waals surface area contributed by atoms with Gasteiger partial charge >= 0.3 is 0 Å². The first-order chi connectivity index (χ1) is 5.93. The van der Waals surface area contributed by atoms with Crippen LogP contribution in [0.5, 0.6) is 0 Å². The maximum Gasteiger partial charge on any atom is 0.154 e.